The molecule has 114 valence electrons. The van der Waals surface area contributed by atoms with Crippen LogP contribution < -0.4 is 14.8 Å². The molecule has 2 aromatic rings. The SMILES string of the molecule is COc1ccc(NC(=O)c2ccc([N+](=O)[O-])cc2OC)cc1. The summed E-state index contributed by atoms with van der Waals surface area (Å²) in [5, 5.41) is 13.4. The Morgan fingerprint density at radius 3 is 2.32 bits per heavy atom. The number of rotatable bonds is 5. The van der Waals surface area contributed by atoms with Crippen molar-refractivity contribution < 1.29 is 19.2 Å². The predicted molar refractivity (Wildman–Crippen MR) is 80.6 cm³/mol. The number of nitro benzene ring substituents is 1. The third-order valence-corrected chi connectivity index (χ3v) is 2.99. The van der Waals surface area contributed by atoms with E-state index in [0.29, 0.717) is 11.4 Å². The number of nitrogens with zero attached hydrogens (tertiary/aromatic N) is 1. The first-order chi connectivity index (χ1) is 10.5. The van der Waals surface area contributed by atoms with E-state index in [-0.39, 0.29) is 17.0 Å². The van der Waals surface area contributed by atoms with Crippen LogP contribution in [0.5, 0.6) is 11.5 Å². The Labute approximate surface area is 126 Å². The Morgan fingerprint density at radius 1 is 1.09 bits per heavy atom. The molecule has 1 amide bonds. The summed E-state index contributed by atoms with van der Waals surface area (Å²) in [6.07, 6.45) is 0. The second-order valence-electron chi connectivity index (χ2n) is 4.32. The molecule has 2 aromatic carbocycles. The van der Waals surface area contributed by atoms with Crippen LogP contribution in [0.15, 0.2) is 42.5 Å². The summed E-state index contributed by atoms with van der Waals surface area (Å²) in [6.45, 7) is 0. The molecule has 0 aliphatic rings. The van der Waals surface area contributed by atoms with Gasteiger partial charge in [-0.2, -0.15) is 0 Å². The highest BCUT2D eigenvalue weighted by Gasteiger charge is 2.16. The fourth-order valence-corrected chi connectivity index (χ4v) is 1.85. The quantitative estimate of drug-likeness (QED) is 0.677. The first kappa shape index (κ1) is 15.3. The topological polar surface area (TPSA) is 90.7 Å². The Kier molecular flexibility index (Phi) is 4.57. The van der Waals surface area contributed by atoms with Gasteiger partial charge in [0, 0.05) is 11.8 Å². The summed E-state index contributed by atoms with van der Waals surface area (Å²) < 4.78 is 10.1. The number of methoxy groups -OCH3 is 2. The van der Waals surface area contributed by atoms with Crippen LogP contribution in [0.2, 0.25) is 0 Å². The van der Waals surface area contributed by atoms with Crippen molar-refractivity contribution in [3.63, 3.8) is 0 Å². The lowest BCUT2D eigenvalue weighted by Gasteiger charge is -2.09. The molecule has 22 heavy (non-hydrogen) atoms. The minimum atomic E-state index is -0.548. The lowest BCUT2D eigenvalue weighted by atomic mass is 10.1. The average Bonchev–Trinajstić information content (AvgIpc) is 2.54. The lowest BCUT2D eigenvalue weighted by molar-refractivity contribution is -0.384. The Hall–Kier alpha value is -3.09. The maximum absolute atomic E-state index is 12.2. The smallest absolute Gasteiger partial charge is 0.273 e. The molecule has 7 heteroatoms. The second kappa shape index (κ2) is 6.57. The van der Waals surface area contributed by atoms with Crippen molar-refractivity contribution in [2.75, 3.05) is 19.5 Å². The molecule has 7 nitrogen and oxygen atoms in total. The predicted octanol–water partition coefficient (Wildman–Crippen LogP) is 2.86. The van der Waals surface area contributed by atoms with Gasteiger partial charge in [0.1, 0.15) is 11.5 Å². The van der Waals surface area contributed by atoms with Gasteiger partial charge in [0.15, 0.2) is 0 Å². The molecular weight excluding hydrogens is 288 g/mol. The molecule has 0 bridgehead atoms. The van der Waals surface area contributed by atoms with Crippen molar-refractivity contribution in [3.8, 4) is 11.5 Å². The van der Waals surface area contributed by atoms with E-state index < -0.39 is 10.8 Å². The molecule has 0 fully saturated rings. The highest BCUT2D eigenvalue weighted by molar-refractivity contribution is 6.06. The monoisotopic (exact) mass is 302 g/mol. The van der Waals surface area contributed by atoms with E-state index in [4.69, 9.17) is 9.47 Å². The molecule has 0 spiro atoms. The van der Waals surface area contributed by atoms with E-state index in [1.165, 1.54) is 25.3 Å². The van der Waals surface area contributed by atoms with E-state index in [1.807, 2.05) is 0 Å². The number of carbonyl (C=O) groups excluding carboxylic acids is 1. The van der Waals surface area contributed by atoms with Gasteiger partial charge in [0.25, 0.3) is 11.6 Å². The first-order valence-corrected chi connectivity index (χ1v) is 6.33. The van der Waals surface area contributed by atoms with Gasteiger partial charge >= 0.3 is 0 Å². The molecule has 0 heterocycles. The number of carbonyl (C=O) groups is 1. The highest BCUT2D eigenvalue weighted by Crippen LogP contribution is 2.25. The van der Waals surface area contributed by atoms with Gasteiger partial charge in [0.05, 0.1) is 30.8 Å². The minimum absolute atomic E-state index is 0.139. The van der Waals surface area contributed by atoms with Gasteiger partial charge in [0.2, 0.25) is 0 Å². The number of anilines is 1. The number of nitro groups is 1. The number of hydrogen-bond acceptors (Lipinski definition) is 5. The summed E-state index contributed by atoms with van der Waals surface area (Å²) in [4.78, 5) is 22.4. The van der Waals surface area contributed by atoms with Gasteiger partial charge in [-0.25, -0.2) is 0 Å². The van der Waals surface area contributed by atoms with E-state index >= 15 is 0 Å². The van der Waals surface area contributed by atoms with Crippen LogP contribution >= 0.6 is 0 Å². The first-order valence-electron chi connectivity index (χ1n) is 6.33. The van der Waals surface area contributed by atoms with E-state index in [2.05, 4.69) is 5.32 Å². The van der Waals surface area contributed by atoms with E-state index in [0.717, 1.165) is 0 Å². The molecule has 0 saturated heterocycles. The van der Waals surface area contributed by atoms with Crippen LogP contribution in [-0.2, 0) is 0 Å². The highest BCUT2D eigenvalue weighted by atomic mass is 16.6. The van der Waals surface area contributed by atoms with Crippen LogP contribution in [0, 0.1) is 10.1 Å². The summed E-state index contributed by atoms with van der Waals surface area (Å²) in [5.74, 6) is 0.392. The maximum atomic E-state index is 12.2. The number of hydrogen-bond donors (Lipinski definition) is 1. The minimum Gasteiger partial charge on any atom is -0.497 e. The zero-order valence-electron chi connectivity index (χ0n) is 12.0. The molecule has 0 unspecified atom stereocenters. The fourth-order valence-electron chi connectivity index (χ4n) is 1.85. The largest absolute Gasteiger partial charge is 0.497 e. The molecule has 0 radical (unpaired) electrons. The second-order valence-corrected chi connectivity index (χ2v) is 4.32. The number of non-ortho nitro benzene ring substituents is 1. The van der Waals surface area contributed by atoms with Crippen molar-refractivity contribution in [1.82, 2.24) is 0 Å². The summed E-state index contributed by atoms with van der Waals surface area (Å²) >= 11 is 0. The van der Waals surface area contributed by atoms with E-state index in [9.17, 15) is 14.9 Å². The van der Waals surface area contributed by atoms with Crippen LogP contribution in [-0.4, -0.2) is 25.1 Å². The molecule has 2 rings (SSSR count). The average molecular weight is 302 g/mol. The number of nitrogens with one attached hydrogen (secondary N) is 1. The van der Waals surface area contributed by atoms with Gasteiger partial charge < -0.3 is 14.8 Å². The molecular formula is C15H14N2O5. The summed E-state index contributed by atoms with van der Waals surface area (Å²) in [6, 6.07) is 10.6. The molecule has 1 N–H and O–H groups in total. The normalized spacial score (nSPS) is 9.91. The summed E-state index contributed by atoms with van der Waals surface area (Å²) in [7, 11) is 2.90. The van der Waals surface area contributed by atoms with Crippen molar-refractivity contribution in [2.45, 2.75) is 0 Å². The molecule has 0 aliphatic heterocycles. The zero-order chi connectivity index (χ0) is 16.1. The van der Waals surface area contributed by atoms with E-state index in [1.54, 1.807) is 31.4 Å². The van der Waals surface area contributed by atoms with Crippen LogP contribution in [0.1, 0.15) is 10.4 Å². The third-order valence-electron chi connectivity index (χ3n) is 2.99. The molecule has 0 atom stereocenters. The van der Waals surface area contributed by atoms with Gasteiger partial charge in [-0.3, -0.25) is 14.9 Å². The molecule has 0 saturated carbocycles. The number of benzene rings is 2. The Morgan fingerprint density at radius 2 is 1.77 bits per heavy atom. The van der Waals surface area contributed by atoms with Gasteiger partial charge in [-0.1, -0.05) is 0 Å². The van der Waals surface area contributed by atoms with Crippen LogP contribution in [0.4, 0.5) is 11.4 Å². The van der Waals surface area contributed by atoms with Crippen LogP contribution in [0.3, 0.4) is 0 Å². The van der Waals surface area contributed by atoms with Crippen LogP contribution in [0.25, 0.3) is 0 Å². The van der Waals surface area contributed by atoms with Gasteiger partial charge in [-0.15, -0.1) is 0 Å². The third kappa shape index (κ3) is 3.32. The van der Waals surface area contributed by atoms with Crippen molar-refractivity contribution in [3.05, 3.63) is 58.1 Å². The standard InChI is InChI=1S/C15H14N2O5/c1-21-12-6-3-10(4-7-12)16-15(18)13-8-5-11(17(19)20)9-14(13)22-2/h3-9H,1-2H3,(H,16,18). The van der Waals surface area contributed by atoms with Gasteiger partial charge in [-0.05, 0) is 30.3 Å². The maximum Gasteiger partial charge on any atom is 0.273 e. The Bertz CT molecular complexity index is 698. The lowest BCUT2D eigenvalue weighted by Crippen LogP contribution is -2.13. The molecule has 0 aliphatic carbocycles. The van der Waals surface area contributed by atoms with Crippen molar-refractivity contribution in [1.29, 1.82) is 0 Å². The summed E-state index contributed by atoms with van der Waals surface area (Å²) in [5.41, 5.74) is 0.646. The number of amides is 1. The number of ether oxygens (including phenoxy) is 2. The fraction of sp³-hybridized carbons (Fsp3) is 0.133. The Balaban J connectivity index is 2.22. The molecule has 0 aromatic heterocycles. The zero-order valence-corrected chi connectivity index (χ0v) is 12.0. The van der Waals surface area contributed by atoms with Crippen molar-refractivity contribution in [2.24, 2.45) is 0 Å². The van der Waals surface area contributed by atoms with Crippen molar-refractivity contribution >= 4 is 17.3 Å².